The molecule has 2 heteroatoms. The monoisotopic (exact) mass is 184 g/mol. The standard InChI is InChI=1S/C12H12N2/c13-11-5-6-14-12-7-9(8-1-2-8)3-4-10(11)12/h3-8H,1-2H2,(H2,13,14). The fourth-order valence-corrected chi connectivity index (χ4v) is 1.86. The van der Waals surface area contributed by atoms with Gasteiger partial charge in [-0.25, -0.2) is 0 Å². The third-order valence-electron chi connectivity index (χ3n) is 2.85. The van der Waals surface area contributed by atoms with Crippen LogP contribution >= 0.6 is 0 Å². The summed E-state index contributed by atoms with van der Waals surface area (Å²) in [5.41, 5.74) is 9.11. The van der Waals surface area contributed by atoms with Gasteiger partial charge in [-0.2, -0.15) is 0 Å². The Labute approximate surface area is 82.8 Å². The Bertz CT molecular complexity index is 487. The highest BCUT2D eigenvalue weighted by atomic mass is 14.7. The zero-order chi connectivity index (χ0) is 9.54. The molecular weight excluding hydrogens is 172 g/mol. The second kappa shape index (κ2) is 2.71. The second-order valence-corrected chi connectivity index (χ2v) is 3.95. The molecule has 1 aromatic heterocycles. The predicted molar refractivity (Wildman–Crippen MR) is 58.1 cm³/mol. The first-order valence-corrected chi connectivity index (χ1v) is 4.99. The normalized spacial score (nSPS) is 16.0. The molecule has 3 rings (SSSR count). The summed E-state index contributed by atoms with van der Waals surface area (Å²) >= 11 is 0. The van der Waals surface area contributed by atoms with Crippen LogP contribution in [0.25, 0.3) is 10.9 Å². The molecule has 0 unspecified atom stereocenters. The molecule has 0 radical (unpaired) electrons. The number of anilines is 1. The van der Waals surface area contributed by atoms with Crippen molar-refractivity contribution < 1.29 is 0 Å². The fourth-order valence-electron chi connectivity index (χ4n) is 1.86. The van der Waals surface area contributed by atoms with E-state index in [4.69, 9.17) is 5.73 Å². The summed E-state index contributed by atoms with van der Waals surface area (Å²) < 4.78 is 0. The molecule has 0 aliphatic heterocycles. The number of rotatable bonds is 1. The van der Waals surface area contributed by atoms with E-state index < -0.39 is 0 Å². The average molecular weight is 184 g/mol. The fraction of sp³-hybridized carbons (Fsp3) is 0.250. The third kappa shape index (κ3) is 1.15. The maximum absolute atomic E-state index is 5.86. The lowest BCUT2D eigenvalue weighted by atomic mass is 10.1. The molecule has 1 saturated carbocycles. The van der Waals surface area contributed by atoms with Crippen molar-refractivity contribution in [3.05, 3.63) is 36.0 Å². The van der Waals surface area contributed by atoms with Gasteiger partial charge in [-0.3, -0.25) is 4.98 Å². The van der Waals surface area contributed by atoms with Crippen molar-refractivity contribution in [1.82, 2.24) is 4.98 Å². The van der Waals surface area contributed by atoms with Crippen LogP contribution in [0.1, 0.15) is 24.3 Å². The minimum Gasteiger partial charge on any atom is -0.398 e. The van der Waals surface area contributed by atoms with Gasteiger partial charge in [0.05, 0.1) is 5.52 Å². The number of hydrogen-bond acceptors (Lipinski definition) is 2. The Morgan fingerprint density at radius 2 is 2.07 bits per heavy atom. The van der Waals surface area contributed by atoms with Crippen LogP contribution in [0.5, 0.6) is 0 Å². The van der Waals surface area contributed by atoms with E-state index >= 15 is 0 Å². The van der Waals surface area contributed by atoms with Crippen LogP contribution in [0.15, 0.2) is 30.5 Å². The molecule has 1 aliphatic rings. The smallest absolute Gasteiger partial charge is 0.0725 e. The summed E-state index contributed by atoms with van der Waals surface area (Å²) in [6, 6.07) is 8.28. The number of nitrogen functional groups attached to an aromatic ring is 1. The topological polar surface area (TPSA) is 38.9 Å². The first kappa shape index (κ1) is 7.80. The minimum atomic E-state index is 0.780. The highest BCUT2D eigenvalue weighted by Gasteiger charge is 2.23. The molecule has 0 saturated heterocycles. The SMILES string of the molecule is Nc1ccnc2cc(C3CC3)ccc12. The summed E-state index contributed by atoms with van der Waals surface area (Å²) in [5.74, 6) is 0.780. The van der Waals surface area contributed by atoms with Crippen molar-refractivity contribution in [2.24, 2.45) is 0 Å². The molecule has 1 fully saturated rings. The minimum absolute atomic E-state index is 0.780. The van der Waals surface area contributed by atoms with E-state index in [1.807, 2.05) is 6.07 Å². The first-order valence-electron chi connectivity index (χ1n) is 4.99. The van der Waals surface area contributed by atoms with Gasteiger partial charge in [0, 0.05) is 17.3 Å². The van der Waals surface area contributed by atoms with Crippen molar-refractivity contribution in [1.29, 1.82) is 0 Å². The molecule has 0 bridgehead atoms. The van der Waals surface area contributed by atoms with Crippen LogP contribution in [-0.2, 0) is 0 Å². The molecule has 2 aromatic rings. The quantitative estimate of drug-likeness (QED) is 0.740. The average Bonchev–Trinajstić information content (AvgIpc) is 3.01. The van der Waals surface area contributed by atoms with Gasteiger partial charge in [-0.1, -0.05) is 12.1 Å². The number of hydrogen-bond donors (Lipinski definition) is 1. The second-order valence-electron chi connectivity index (χ2n) is 3.95. The van der Waals surface area contributed by atoms with E-state index in [-0.39, 0.29) is 0 Å². The molecule has 0 spiro atoms. The third-order valence-corrected chi connectivity index (χ3v) is 2.85. The largest absolute Gasteiger partial charge is 0.398 e. The summed E-state index contributed by atoms with van der Waals surface area (Å²) in [5, 5.41) is 1.07. The Morgan fingerprint density at radius 3 is 2.86 bits per heavy atom. The summed E-state index contributed by atoms with van der Waals surface area (Å²) in [7, 11) is 0. The van der Waals surface area contributed by atoms with E-state index in [0.29, 0.717) is 0 Å². The summed E-state index contributed by atoms with van der Waals surface area (Å²) in [6.07, 6.45) is 4.43. The van der Waals surface area contributed by atoms with Gasteiger partial charge in [0.2, 0.25) is 0 Å². The van der Waals surface area contributed by atoms with Gasteiger partial charge in [-0.15, -0.1) is 0 Å². The van der Waals surface area contributed by atoms with Gasteiger partial charge in [-0.05, 0) is 36.5 Å². The summed E-state index contributed by atoms with van der Waals surface area (Å²) in [4.78, 5) is 4.33. The van der Waals surface area contributed by atoms with Crippen LogP contribution in [0.3, 0.4) is 0 Å². The summed E-state index contributed by atoms with van der Waals surface area (Å²) in [6.45, 7) is 0. The van der Waals surface area contributed by atoms with Crippen LogP contribution < -0.4 is 5.73 Å². The van der Waals surface area contributed by atoms with E-state index in [1.165, 1.54) is 18.4 Å². The molecule has 2 N–H and O–H groups in total. The van der Waals surface area contributed by atoms with Crippen LogP contribution in [0.4, 0.5) is 5.69 Å². The highest BCUT2D eigenvalue weighted by molar-refractivity contribution is 5.90. The van der Waals surface area contributed by atoms with E-state index in [1.54, 1.807) is 6.20 Å². The Balaban J connectivity index is 2.23. The van der Waals surface area contributed by atoms with Crippen LogP contribution in [0, 0.1) is 0 Å². The number of aromatic nitrogens is 1. The maximum atomic E-state index is 5.86. The Hall–Kier alpha value is -1.57. The molecule has 1 heterocycles. The molecule has 70 valence electrons. The Kier molecular flexibility index (Phi) is 1.51. The van der Waals surface area contributed by atoms with Gasteiger partial charge in [0.25, 0.3) is 0 Å². The number of pyridine rings is 1. The van der Waals surface area contributed by atoms with Gasteiger partial charge in [0.15, 0.2) is 0 Å². The molecule has 14 heavy (non-hydrogen) atoms. The van der Waals surface area contributed by atoms with Gasteiger partial charge >= 0.3 is 0 Å². The van der Waals surface area contributed by atoms with Crippen molar-refractivity contribution in [3.8, 4) is 0 Å². The molecule has 0 atom stereocenters. The van der Waals surface area contributed by atoms with E-state index in [0.717, 1.165) is 22.5 Å². The zero-order valence-electron chi connectivity index (χ0n) is 7.90. The lowest BCUT2D eigenvalue weighted by Gasteiger charge is -2.03. The van der Waals surface area contributed by atoms with E-state index in [9.17, 15) is 0 Å². The van der Waals surface area contributed by atoms with Crippen LogP contribution in [-0.4, -0.2) is 4.98 Å². The van der Waals surface area contributed by atoms with Crippen LogP contribution in [0.2, 0.25) is 0 Å². The van der Waals surface area contributed by atoms with Crippen molar-refractivity contribution in [3.63, 3.8) is 0 Å². The lowest BCUT2D eigenvalue weighted by Crippen LogP contribution is -1.89. The van der Waals surface area contributed by atoms with Gasteiger partial charge < -0.3 is 5.73 Å². The van der Waals surface area contributed by atoms with Crippen molar-refractivity contribution in [2.75, 3.05) is 5.73 Å². The van der Waals surface area contributed by atoms with Gasteiger partial charge in [0.1, 0.15) is 0 Å². The number of nitrogens with two attached hydrogens (primary N) is 1. The Morgan fingerprint density at radius 1 is 1.21 bits per heavy atom. The number of fused-ring (bicyclic) bond motifs is 1. The molecule has 0 amide bonds. The van der Waals surface area contributed by atoms with Crippen molar-refractivity contribution in [2.45, 2.75) is 18.8 Å². The predicted octanol–water partition coefficient (Wildman–Crippen LogP) is 2.69. The zero-order valence-corrected chi connectivity index (χ0v) is 7.90. The maximum Gasteiger partial charge on any atom is 0.0725 e. The first-order chi connectivity index (χ1) is 6.84. The molecule has 1 aliphatic carbocycles. The van der Waals surface area contributed by atoms with E-state index in [2.05, 4.69) is 23.2 Å². The van der Waals surface area contributed by atoms with Crippen molar-refractivity contribution >= 4 is 16.6 Å². The number of nitrogens with zero attached hydrogens (tertiary/aromatic N) is 1. The molecular formula is C12H12N2. The molecule has 1 aromatic carbocycles. The lowest BCUT2D eigenvalue weighted by molar-refractivity contribution is 1.13. The number of benzene rings is 1. The highest BCUT2D eigenvalue weighted by Crippen LogP contribution is 2.40. The molecule has 2 nitrogen and oxygen atoms in total.